The fraction of sp³-hybridized carbons (Fsp3) is 0.467. The Morgan fingerprint density at radius 2 is 2.10 bits per heavy atom. The Morgan fingerprint density at radius 1 is 1.45 bits per heavy atom. The summed E-state index contributed by atoms with van der Waals surface area (Å²) in [7, 11) is 0. The van der Waals surface area contributed by atoms with E-state index in [9.17, 15) is 10.1 Å². The van der Waals surface area contributed by atoms with Gasteiger partial charge in [0.25, 0.3) is 0 Å². The molecule has 1 saturated heterocycles. The molecular formula is C15H17ClN2OS. The van der Waals surface area contributed by atoms with E-state index in [-0.39, 0.29) is 10.7 Å². The molecule has 1 fully saturated rings. The van der Waals surface area contributed by atoms with Crippen molar-refractivity contribution in [2.45, 2.75) is 24.0 Å². The fourth-order valence-electron chi connectivity index (χ4n) is 2.40. The molecule has 0 saturated carbocycles. The van der Waals surface area contributed by atoms with Crippen LogP contribution in [0.3, 0.4) is 0 Å². The van der Waals surface area contributed by atoms with Crippen LogP contribution in [0.25, 0.3) is 0 Å². The predicted molar refractivity (Wildman–Crippen MR) is 82.8 cm³/mol. The molecule has 3 nitrogen and oxygen atoms in total. The normalized spacial score (nSPS) is 17.6. The molecule has 1 aromatic rings. The minimum Gasteiger partial charge on any atom is -0.342 e. The SMILES string of the molecule is CSC1(C#N)CCN(C(=O)Cc2ccccc2Cl)CC1. The van der Waals surface area contributed by atoms with Crippen molar-refractivity contribution < 1.29 is 4.79 Å². The summed E-state index contributed by atoms with van der Waals surface area (Å²) in [6, 6.07) is 9.82. The zero-order valence-electron chi connectivity index (χ0n) is 11.4. The van der Waals surface area contributed by atoms with Crippen molar-refractivity contribution in [3.8, 4) is 6.07 Å². The van der Waals surface area contributed by atoms with Crippen molar-refractivity contribution in [3.63, 3.8) is 0 Å². The molecule has 0 N–H and O–H groups in total. The average molecular weight is 309 g/mol. The van der Waals surface area contributed by atoms with Crippen LogP contribution in [-0.4, -0.2) is 34.9 Å². The summed E-state index contributed by atoms with van der Waals surface area (Å²) in [6.45, 7) is 1.30. The third kappa shape index (κ3) is 3.28. The van der Waals surface area contributed by atoms with E-state index in [1.807, 2.05) is 29.4 Å². The maximum atomic E-state index is 12.3. The number of carbonyl (C=O) groups excluding carboxylic acids is 1. The third-order valence-corrected chi connectivity index (χ3v) is 5.47. The lowest BCUT2D eigenvalue weighted by molar-refractivity contribution is -0.131. The first-order valence-electron chi connectivity index (χ1n) is 6.58. The molecule has 5 heteroatoms. The van der Waals surface area contributed by atoms with Gasteiger partial charge in [-0.3, -0.25) is 4.79 Å². The summed E-state index contributed by atoms with van der Waals surface area (Å²) in [5.74, 6) is 0.0887. The number of carbonyl (C=O) groups is 1. The minimum absolute atomic E-state index is 0.0887. The minimum atomic E-state index is -0.318. The summed E-state index contributed by atoms with van der Waals surface area (Å²) in [5.41, 5.74) is 0.862. The molecule has 0 atom stereocenters. The number of nitriles is 1. The van der Waals surface area contributed by atoms with Crippen molar-refractivity contribution in [2.24, 2.45) is 0 Å². The monoisotopic (exact) mass is 308 g/mol. The lowest BCUT2D eigenvalue weighted by atomic mass is 9.96. The second-order valence-electron chi connectivity index (χ2n) is 4.96. The number of thioether (sulfide) groups is 1. The number of rotatable bonds is 3. The molecule has 2 rings (SSSR count). The number of benzene rings is 1. The number of likely N-dealkylation sites (tertiary alicyclic amines) is 1. The standard InChI is InChI=1S/C15H17ClN2OS/c1-20-15(11-17)6-8-18(9-7-15)14(19)10-12-4-2-3-5-13(12)16/h2-5H,6-10H2,1H3. The van der Waals surface area contributed by atoms with Crippen LogP contribution in [0.4, 0.5) is 0 Å². The second-order valence-corrected chi connectivity index (χ2v) is 6.56. The van der Waals surface area contributed by atoms with E-state index < -0.39 is 0 Å². The highest BCUT2D eigenvalue weighted by molar-refractivity contribution is 8.00. The lowest BCUT2D eigenvalue weighted by Crippen LogP contribution is -2.45. The highest BCUT2D eigenvalue weighted by atomic mass is 35.5. The molecule has 0 bridgehead atoms. The van der Waals surface area contributed by atoms with Crippen LogP contribution in [0.2, 0.25) is 5.02 Å². The van der Waals surface area contributed by atoms with Gasteiger partial charge in [0.2, 0.25) is 5.91 Å². The van der Waals surface area contributed by atoms with E-state index in [1.165, 1.54) is 0 Å². The molecule has 0 aliphatic carbocycles. The van der Waals surface area contributed by atoms with Gasteiger partial charge in [0.05, 0.1) is 12.5 Å². The molecule has 20 heavy (non-hydrogen) atoms. The van der Waals surface area contributed by atoms with Gasteiger partial charge in [-0.1, -0.05) is 29.8 Å². The van der Waals surface area contributed by atoms with Crippen LogP contribution in [-0.2, 0) is 11.2 Å². The topological polar surface area (TPSA) is 44.1 Å². The molecule has 0 aromatic heterocycles. The van der Waals surface area contributed by atoms with Crippen LogP contribution in [0.5, 0.6) is 0 Å². The molecule has 0 radical (unpaired) electrons. The van der Waals surface area contributed by atoms with Crippen molar-refractivity contribution >= 4 is 29.3 Å². The van der Waals surface area contributed by atoms with Gasteiger partial charge < -0.3 is 4.90 Å². The largest absolute Gasteiger partial charge is 0.342 e. The van der Waals surface area contributed by atoms with Gasteiger partial charge in [0.15, 0.2) is 0 Å². The van der Waals surface area contributed by atoms with Crippen molar-refractivity contribution in [2.75, 3.05) is 19.3 Å². The summed E-state index contributed by atoms with van der Waals surface area (Å²) >= 11 is 7.67. The molecule has 1 heterocycles. The number of hydrogen-bond acceptors (Lipinski definition) is 3. The van der Waals surface area contributed by atoms with Gasteiger partial charge >= 0.3 is 0 Å². The Morgan fingerprint density at radius 3 is 2.65 bits per heavy atom. The summed E-state index contributed by atoms with van der Waals surface area (Å²) < 4.78 is -0.318. The number of halogens is 1. The fourth-order valence-corrected chi connectivity index (χ4v) is 3.28. The summed E-state index contributed by atoms with van der Waals surface area (Å²) in [4.78, 5) is 14.1. The van der Waals surface area contributed by atoms with Crippen LogP contribution in [0.1, 0.15) is 18.4 Å². The van der Waals surface area contributed by atoms with Crippen LogP contribution < -0.4 is 0 Å². The van der Waals surface area contributed by atoms with E-state index >= 15 is 0 Å². The Labute approximate surface area is 128 Å². The zero-order chi connectivity index (χ0) is 14.6. The third-order valence-electron chi connectivity index (χ3n) is 3.82. The second kappa shape index (κ2) is 6.51. The van der Waals surface area contributed by atoms with E-state index in [2.05, 4.69) is 6.07 Å². The molecular weight excluding hydrogens is 292 g/mol. The Bertz CT molecular complexity index is 533. The number of piperidine rings is 1. The Balaban J connectivity index is 1.96. The molecule has 0 unspecified atom stereocenters. The highest BCUT2D eigenvalue weighted by Gasteiger charge is 2.35. The van der Waals surface area contributed by atoms with Crippen LogP contribution in [0, 0.1) is 11.3 Å². The van der Waals surface area contributed by atoms with Crippen LogP contribution >= 0.6 is 23.4 Å². The quantitative estimate of drug-likeness (QED) is 0.861. The van der Waals surface area contributed by atoms with Gasteiger partial charge in [-0.05, 0) is 30.7 Å². The van der Waals surface area contributed by atoms with E-state index in [0.717, 1.165) is 18.4 Å². The Kier molecular flexibility index (Phi) is 4.95. The molecule has 0 spiro atoms. The molecule has 1 aromatic carbocycles. The molecule has 1 amide bonds. The van der Waals surface area contributed by atoms with Crippen molar-refractivity contribution in [3.05, 3.63) is 34.9 Å². The molecule has 106 valence electrons. The highest BCUT2D eigenvalue weighted by Crippen LogP contribution is 2.34. The number of amides is 1. The van der Waals surface area contributed by atoms with Crippen molar-refractivity contribution in [1.82, 2.24) is 4.90 Å². The van der Waals surface area contributed by atoms with Crippen molar-refractivity contribution in [1.29, 1.82) is 5.26 Å². The maximum Gasteiger partial charge on any atom is 0.227 e. The number of hydrogen-bond donors (Lipinski definition) is 0. The van der Waals surface area contributed by atoms with Gasteiger partial charge in [-0.2, -0.15) is 5.26 Å². The van der Waals surface area contributed by atoms with Gasteiger partial charge in [0.1, 0.15) is 4.75 Å². The van der Waals surface area contributed by atoms with Crippen LogP contribution in [0.15, 0.2) is 24.3 Å². The first-order chi connectivity index (χ1) is 9.60. The van der Waals surface area contributed by atoms with E-state index in [1.54, 1.807) is 17.8 Å². The van der Waals surface area contributed by atoms with Gasteiger partial charge in [-0.15, -0.1) is 11.8 Å². The van der Waals surface area contributed by atoms with Gasteiger partial charge in [0, 0.05) is 18.1 Å². The maximum absolute atomic E-state index is 12.3. The zero-order valence-corrected chi connectivity index (χ0v) is 13.0. The average Bonchev–Trinajstić information content (AvgIpc) is 2.49. The van der Waals surface area contributed by atoms with Gasteiger partial charge in [-0.25, -0.2) is 0 Å². The lowest BCUT2D eigenvalue weighted by Gasteiger charge is -2.36. The first kappa shape index (κ1) is 15.2. The molecule has 1 aliphatic rings. The summed E-state index contributed by atoms with van der Waals surface area (Å²) in [5, 5.41) is 9.88. The predicted octanol–water partition coefficient (Wildman–Crippen LogP) is 3.13. The van der Waals surface area contributed by atoms with E-state index in [0.29, 0.717) is 24.5 Å². The van der Waals surface area contributed by atoms with E-state index in [4.69, 9.17) is 11.6 Å². The molecule has 1 aliphatic heterocycles. The number of nitrogens with zero attached hydrogens (tertiary/aromatic N) is 2. The first-order valence-corrected chi connectivity index (χ1v) is 8.18. The Hall–Kier alpha value is -1.18. The summed E-state index contributed by atoms with van der Waals surface area (Å²) in [6.07, 6.45) is 3.76. The smallest absolute Gasteiger partial charge is 0.227 e.